The standard InChI is InChI=1S/C16H18ClN/c1-2-3-11-4-7-15-13(8-11)9-12-5-6-14(17)10-16(12)18-15/h5-6,9-11H,2-4,7-8H2,1H3/t11-/m0/s1. The Kier molecular flexibility index (Phi) is 3.25. The number of hydrogen-bond acceptors (Lipinski definition) is 1. The largest absolute Gasteiger partial charge is 0.253 e. The molecule has 0 spiro atoms. The van der Waals surface area contributed by atoms with E-state index >= 15 is 0 Å². The van der Waals surface area contributed by atoms with Crippen LogP contribution in [0.25, 0.3) is 10.9 Å². The average molecular weight is 260 g/mol. The second-order valence-electron chi connectivity index (χ2n) is 5.33. The number of aromatic nitrogens is 1. The van der Waals surface area contributed by atoms with Crippen molar-refractivity contribution < 1.29 is 0 Å². The number of nitrogens with zero attached hydrogens (tertiary/aromatic N) is 1. The van der Waals surface area contributed by atoms with Gasteiger partial charge in [0.2, 0.25) is 0 Å². The lowest BCUT2D eigenvalue weighted by Crippen LogP contribution is -2.15. The summed E-state index contributed by atoms with van der Waals surface area (Å²) in [4.78, 5) is 4.79. The molecule has 1 aliphatic rings. The molecule has 3 rings (SSSR count). The quantitative estimate of drug-likeness (QED) is 0.755. The molecule has 1 atom stereocenters. The van der Waals surface area contributed by atoms with Crippen LogP contribution in [0.3, 0.4) is 0 Å². The van der Waals surface area contributed by atoms with E-state index in [1.165, 1.54) is 42.3 Å². The molecule has 1 aromatic carbocycles. The van der Waals surface area contributed by atoms with Gasteiger partial charge in [-0.15, -0.1) is 0 Å². The Balaban J connectivity index is 2.00. The Bertz CT molecular complexity index is 577. The van der Waals surface area contributed by atoms with Gasteiger partial charge < -0.3 is 0 Å². The Labute approximate surface area is 113 Å². The minimum atomic E-state index is 0.773. The maximum absolute atomic E-state index is 6.03. The summed E-state index contributed by atoms with van der Waals surface area (Å²) in [6.45, 7) is 2.27. The van der Waals surface area contributed by atoms with Gasteiger partial charge in [-0.05, 0) is 48.9 Å². The van der Waals surface area contributed by atoms with Crippen LogP contribution >= 0.6 is 11.6 Å². The number of benzene rings is 1. The summed E-state index contributed by atoms with van der Waals surface area (Å²) < 4.78 is 0. The predicted molar refractivity (Wildman–Crippen MR) is 77.2 cm³/mol. The summed E-state index contributed by atoms with van der Waals surface area (Å²) in [6.07, 6.45) is 6.26. The third-order valence-electron chi connectivity index (χ3n) is 3.94. The van der Waals surface area contributed by atoms with Crippen molar-refractivity contribution in [1.82, 2.24) is 4.98 Å². The fourth-order valence-electron chi connectivity index (χ4n) is 3.03. The van der Waals surface area contributed by atoms with E-state index in [0.29, 0.717) is 0 Å². The molecule has 0 fully saturated rings. The van der Waals surface area contributed by atoms with Crippen molar-refractivity contribution in [2.24, 2.45) is 5.92 Å². The molecule has 1 aromatic heterocycles. The summed E-state index contributed by atoms with van der Waals surface area (Å²) >= 11 is 6.03. The molecule has 0 saturated carbocycles. The van der Waals surface area contributed by atoms with E-state index in [-0.39, 0.29) is 0 Å². The van der Waals surface area contributed by atoms with E-state index in [1.807, 2.05) is 12.1 Å². The van der Waals surface area contributed by atoms with Crippen LogP contribution in [0.2, 0.25) is 5.02 Å². The molecule has 0 unspecified atom stereocenters. The minimum absolute atomic E-state index is 0.773. The lowest BCUT2D eigenvalue weighted by molar-refractivity contribution is 0.419. The first kappa shape index (κ1) is 12.0. The number of fused-ring (bicyclic) bond motifs is 2. The van der Waals surface area contributed by atoms with E-state index in [0.717, 1.165) is 22.9 Å². The summed E-state index contributed by atoms with van der Waals surface area (Å²) in [5, 5.41) is 1.99. The van der Waals surface area contributed by atoms with Crippen LogP contribution in [-0.2, 0) is 12.8 Å². The summed E-state index contributed by atoms with van der Waals surface area (Å²) in [6, 6.07) is 8.31. The predicted octanol–water partition coefficient (Wildman–Crippen LogP) is 4.79. The van der Waals surface area contributed by atoms with Gasteiger partial charge in [-0.3, -0.25) is 4.98 Å². The van der Waals surface area contributed by atoms with Crippen LogP contribution in [0, 0.1) is 5.92 Å². The highest BCUT2D eigenvalue weighted by Gasteiger charge is 2.19. The van der Waals surface area contributed by atoms with Crippen molar-refractivity contribution in [3.8, 4) is 0 Å². The van der Waals surface area contributed by atoms with Gasteiger partial charge in [0.25, 0.3) is 0 Å². The molecule has 1 heterocycles. The summed E-state index contributed by atoms with van der Waals surface area (Å²) in [5.41, 5.74) is 3.78. The third-order valence-corrected chi connectivity index (χ3v) is 4.18. The molecule has 0 saturated heterocycles. The number of hydrogen-bond donors (Lipinski definition) is 0. The zero-order valence-corrected chi connectivity index (χ0v) is 11.5. The van der Waals surface area contributed by atoms with Crippen LogP contribution in [0.1, 0.15) is 37.4 Å². The summed E-state index contributed by atoms with van der Waals surface area (Å²) in [7, 11) is 0. The summed E-state index contributed by atoms with van der Waals surface area (Å²) in [5.74, 6) is 0.856. The zero-order valence-electron chi connectivity index (χ0n) is 10.7. The molecule has 2 aromatic rings. The number of aryl methyl sites for hydroxylation is 1. The highest BCUT2D eigenvalue weighted by molar-refractivity contribution is 6.31. The van der Waals surface area contributed by atoms with Crippen LogP contribution in [0.5, 0.6) is 0 Å². The maximum atomic E-state index is 6.03. The van der Waals surface area contributed by atoms with Crippen molar-refractivity contribution in [3.05, 3.63) is 40.5 Å². The van der Waals surface area contributed by atoms with Crippen molar-refractivity contribution in [2.75, 3.05) is 0 Å². The van der Waals surface area contributed by atoms with Gasteiger partial charge in [0.05, 0.1) is 5.52 Å². The number of rotatable bonds is 2. The van der Waals surface area contributed by atoms with Crippen LogP contribution < -0.4 is 0 Å². The van der Waals surface area contributed by atoms with Crippen molar-refractivity contribution >= 4 is 22.5 Å². The van der Waals surface area contributed by atoms with E-state index in [9.17, 15) is 0 Å². The molecule has 0 radical (unpaired) electrons. The SMILES string of the molecule is CCC[C@H]1CCc2nc3cc(Cl)ccc3cc2C1. The molecule has 18 heavy (non-hydrogen) atoms. The normalized spacial score (nSPS) is 18.9. The van der Waals surface area contributed by atoms with E-state index in [1.54, 1.807) is 0 Å². The Morgan fingerprint density at radius 2 is 2.22 bits per heavy atom. The lowest BCUT2D eigenvalue weighted by Gasteiger charge is -2.24. The van der Waals surface area contributed by atoms with Gasteiger partial charge in [0.15, 0.2) is 0 Å². The fourth-order valence-corrected chi connectivity index (χ4v) is 3.19. The van der Waals surface area contributed by atoms with Crippen LogP contribution in [0.15, 0.2) is 24.3 Å². The van der Waals surface area contributed by atoms with E-state index in [4.69, 9.17) is 16.6 Å². The third kappa shape index (κ3) is 2.24. The second-order valence-corrected chi connectivity index (χ2v) is 5.77. The molecule has 0 bridgehead atoms. The van der Waals surface area contributed by atoms with Crippen molar-refractivity contribution in [3.63, 3.8) is 0 Å². The Morgan fingerprint density at radius 1 is 1.33 bits per heavy atom. The smallest absolute Gasteiger partial charge is 0.0720 e. The molecule has 94 valence electrons. The molecule has 1 nitrogen and oxygen atoms in total. The first-order valence-electron chi connectivity index (χ1n) is 6.84. The molecule has 0 N–H and O–H groups in total. The minimum Gasteiger partial charge on any atom is -0.253 e. The van der Waals surface area contributed by atoms with Crippen molar-refractivity contribution in [2.45, 2.75) is 39.0 Å². The van der Waals surface area contributed by atoms with Crippen LogP contribution in [-0.4, -0.2) is 4.98 Å². The molecule has 0 aliphatic heterocycles. The monoisotopic (exact) mass is 259 g/mol. The molecular formula is C16H18ClN. The zero-order chi connectivity index (χ0) is 12.5. The number of pyridine rings is 1. The number of halogens is 1. The van der Waals surface area contributed by atoms with Gasteiger partial charge in [0, 0.05) is 16.1 Å². The molecule has 2 heteroatoms. The second kappa shape index (κ2) is 4.89. The average Bonchev–Trinajstić information content (AvgIpc) is 2.37. The Hall–Kier alpha value is -1.08. The first-order valence-corrected chi connectivity index (χ1v) is 7.22. The highest BCUT2D eigenvalue weighted by Crippen LogP contribution is 2.30. The van der Waals surface area contributed by atoms with Gasteiger partial charge in [0.1, 0.15) is 0 Å². The van der Waals surface area contributed by atoms with Gasteiger partial charge in [-0.25, -0.2) is 0 Å². The molecule has 0 amide bonds. The van der Waals surface area contributed by atoms with E-state index in [2.05, 4.69) is 19.1 Å². The van der Waals surface area contributed by atoms with Gasteiger partial charge in [-0.1, -0.05) is 37.4 Å². The highest BCUT2D eigenvalue weighted by atomic mass is 35.5. The topological polar surface area (TPSA) is 12.9 Å². The molecule has 1 aliphatic carbocycles. The van der Waals surface area contributed by atoms with Crippen molar-refractivity contribution in [1.29, 1.82) is 0 Å². The maximum Gasteiger partial charge on any atom is 0.0720 e. The van der Waals surface area contributed by atoms with E-state index < -0.39 is 0 Å². The molecular weight excluding hydrogens is 242 g/mol. The van der Waals surface area contributed by atoms with Gasteiger partial charge >= 0.3 is 0 Å². The first-order chi connectivity index (χ1) is 8.76. The van der Waals surface area contributed by atoms with Crippen LogP contribution in [0.4, 0.5) is 0 Å². The van der Waals surface area contributed by atoms with Gasteiger partial charge in [-0.2, -0.15) is 0 Å². The fraction of sp³-hybridized carbons (Fsp3) is 0.438. The Morgan fingerprint density at radius 3 is 3.06 bits per heavy atom. The lowest BCUT2D eigenvalue weighted by atomic mass is 9.83.